The van der Waals surface area contributed by atoms with Crippen LogP contribution in [0.25, 0.3) is 0 Å². The van der Waals surface area contributed by atoms with Crippen LogP contribution in [-0.4, -0.2) is 51.6 Å². The van der Waals surface area contributed by atoms with Crippen LogP contribution in [-0.2, 0) is 14.3 Å². The van der Waals surface area contributed by atoms with E-state index in [2.05, 4.69) is 0 Å². The molecule has 5 nitrogen and oxygen atoms in total. The third-order valence-corrected chi connectivity index (χ3v) is 3.79. The molecule has 2 aliphatic heterocycles. The first-order chi connectivity index (χ1) is 7.75. The molecule has 3 rings (SSSR count). The SMILES string of the molecule is CC(C)(O)[C@@H]1O[C@@H]1C1=CC(=O)[C@@]2(C)O[C@@H]2[C@@H]1O. The van der Waals surface area contributed by atoms with Crippen LogP contribution >= 0.6 is 0 Å². The molecule has 94 valence electrons. The number of ether oxygens (including phenoxy) is 2. The Hall–Kier alpha value is -0.750. The van der Waals surface area contributed by atoms with Crippen LogP contribution in [0.5, 0.6) is 0 Å². The standard InChI is InChI=1S/C12H16O5/c1-11(2,15)10-8(16-10)5-4-6(13)12(3)9(17-12)7(5)14/h4,7-10,14-15H,1-3H3/t7-,8-,9-,10-,12-/m1/s1. The Morgan fingerprint density at radius 2 is 2.12 bits per heavy atom. The zero-order valence-corrected chi connectivity index (χ0v) is 10.0. The summed E-state index contributed by atoms with van der Waals surface area (Å²) in [5.41, 5.74) is -1.29. The van der Waals surface area contributed by atoms with Gasteiger partial charge < -0.3 is 19.7 Å². The fourth-order valence-electron chi connectivity index (χ4n) is 2.50. The number of ketones is 1. The van der Waals surface area contributed by atoms with Gasteiger partial charge in [0.1, 0.15) is 24.4 Å². The van der Waals surface area contributed by atoms with Gasteiger partial charge in [0, 0.05) is 0 Å². The molecule has 0 unspecified atom stereocenters. The van der Waals surface area contributed by atoms with Crippen molar-refractivity contribution in [2.45, 2.75) is 56.4 Å². The average Bonchev–Trinajstić information content (AvgIpc) is 3.03. The van der Waals surface area contributed by atoms with Crippen molar-refractivity contribution >= 4 is 5.78 Å². The second kappa shape index (κ2) is 2.98. The number of carbonyl (C=O) groups is 1. The summed E-state index contributed by atoms with van der Waals surface area (Å²) in [5.74, 6) is -0.132. The van der Waals surface area contributed by atoms with Gasteiger partial charge in [0.25, 0.3) is 0 Å². The second-order valence-corrected chi connectivity index (χ2v) is 5.73. The van der Waals surface area contributed by atoms with Gasteiger partial charge in [-0.2, -0.15) is 0 Å². The highest BCUT2D eigenvalue weighted by Crippen LogP contribution is 2.49. The number of fused-ring (bicyclic) bond motifs is 1. The van der Waals surface area contributed by atoms with E-state index in [4.69, 9.17) is 9.47 Å². The van der Waals surface area contributed by atoms with Crippen molar-refractivity contribution in [3.8, 4) is 0 Å². The van der Waals surface area contributed by atoms with Crippen molar-refractivity contribution in [3.63, 3.8) is 0 Å². The van der Waals surface area contributed by atoms with Gasteiger partial charge in [-0.3, -0.25) is 4.79 Å². The molecule has 0 aromatic carbocycles. The van der Waals surface area contributed by atoms with E-state index >= 15 is 0 Å². The van der Waals surface area contributed by atoms with Gasteiger partial charge in [-0.15, -0.1) is 0 Å². The van der Waals surface area contributed by atoms with Gasteiger partial charge in [0.15, 0.2) is 11.4 Å². The van der Waals surface area contributed by atoms with E-state index in [0.717, 1.165) is 0 Å². The van der Waals surface area contributed by atoms with E-state index in [-0.39, 0.29) is 18.0 Å². The Morgan fingerprint density at radius 1 is 1.47 bits per heavy atom. The molecule has 2 heterocycles. The van der Waals surface area contributed by atoms with Crippen LogP contribution < -0.4 is 0 Å². The Balaban J connectivity index is 1.82. The number of rotatable bonds is 2. The summed E-state index contributed by atoms with van der Waals surface area (Å²) < 4.78 is 10.6. The Kier molecular flexibility index (Phi) is 1.99. The van der Waals surface area contributed by atoms with Crippen molar-refractivity contribution in [1.82, 2.24) is 0 Å². The largest absolute Gasteiger partial charge is 0.388 e. The zero-order valence-electron chi connectivity index (χ0n) is 10.0. The molecule has 0 bridgehead atoms. The second-order valence-electron chi connectivity index (χ2n) is 5.73. The molecule has 1 aliphatic carbocycles. The summed E-state index contributed by atoms with van der Waals surface area (Å²) in [6.45, 7) is 4.97. The van der Waals surface area contributed by atoms with E-state index in [0.29, 0.717) is 5.57 Å². The first kappa shape index (κ1) is 11.3. The molecule has 17 heavy (non-hydrogen) atoms. The highest BCUT2D eigenvalue weighted by atomic mass is 16.6. The van der Waals surface area contributed by atoms with E-state index in [1.165, 1.54) is 6.08 Å². The minimum Gasteiger partial charge on any atom is -0.388 e. The van der Waals surface area contributed by atoms with Gasteiger partial charge in [-0.1, -0.05) is 0 Å². The lowest BCUT2D eigenvalue weighted by Crippen LogP contribution is -2.38. The summed E-state index contributed by atoms with van der Waals surface area (Å²) >= 11 is 0. The first-order valence-electron chi connectivity index (χ1n) is 5.75. The lowest BCUT2D eigenvalue weighted by molar-refractivity contribution is -0.119. The maximum absolute atomic E-state index is 11.8. The highest BCUT2D eigenvalue weighted by molar-refractivity contribution is 6.01. The predicted octanol–water partition coefficient (Wildman–Crippen LogP) is -0.448. The van der Waals surface area contributed by atoms with Crippen LogP contribution in [0, 0.1) is 0 Å². The van der Waals surface area contributed by atoms with Gasteiger partial charge in [0.2, 0.25) is 0 Å². The number of epoxide rings is 2. The van der Waals surface area contributed by atoms with Crippen LogP contribution in [0.15, 0.2) is 11.6 Å². The molecule has 0 aromatic heterocycles. The normalized spacial score (nSPS) is 48.5. The summed E-state index contributed by atoms with van der Waals surface area (Å²) in [6, 6.07) is 0. The molecule has 0 amide bonds. The molecule has 0 radical (unpaired) electrons. The quantitative estimate of drug-likeness (QED) is 0.639. The third-order valence-electron chi connectivity index (χ3n) is 3.79. The van der Waals surface area contributed by atoms with Gasteiger partial charge >= 0.3 is 0 Å². The van der Waals surface area contributed by atoms with Crippen molar-refractivity contribution in [2.75, 3.05) is 0 Å². The number of aliphatic hydroxyl groups excluding tert-OH is 1. The molecule has 2 fully saturated rings. The van der Waals surface area contributed by atoms with Crippen LogP contribution in [0.1, 0.15) is 20.8 Å². The topological polar surface area (TPSA) is 82.6 Å². The first-order valence-corrected chi connectivity index (χ1v) is 5.75. The van der Waals surface area contributed by atoms with Crippen LogP contribution in [0.3, 0.4) is 0 Å². The van der Waals surface area contributed by atoms with Crippen molar-refractivity contribution in [1.29, 1.82) is 0 Å². The number of carbonyl (C=O) groups excluding carboxylic acids is 1. The fraction of sp³-hybridized carbons (Fsp3) is 0.750. The molecule has 5 heteroatoms. The molecule has 3 aliphatic rings. The lowest BCUT2D eigenvalue weighted by Gasteiger charge is -2.19. The van der Waals surface area contributed by atoms with Gasteiger partial charge in [-0.25, -0.2) is 0 Å². The van der Waals surface area contributed by atoms with Crippen molar-refractivity contribution in [2.24, 2.45) is 0 Å². The summed E-state index contributed by atoms with van der Waals surface area (Å²) in [7, 11) is 0. The average molecular weight is 240 g/mol. The Morgan fingerprint density at radius 3 is 2.65 bits per heavy atom. The fourth-order valence-corrected chi connectivity index (χ4v) is 2.50. The van der Waals surface area contributed by atoms with E-state index < -0.39 is 23.4 Å². The summed E-state index contributed by atoms with van der Waals surface area (Å²) in [5, 5.41) is 19.8. The van der Waals surface area contributed by atoms with E-state index in [9.17, 15) is 15.0 Å². The van der Waals surface area contributed by atoms with E-state index in [1.54, 1.807) is 20.8 Å². The molecule has 0 aromatic rings. The van der Waals surface area contributed by atoms with Crippen molar-refractivity contribution in [3.05, 3.63) is 11.6 Å². The minimum absolute atomic E-state index is 0.132. The maximum Gasteiger partial charge on any atom is 0.190 e. The molecular formula is C12H16O5. The van der Waals surface area contributed by atoms with Crippen LogP contribution in [0.2, 0.25) is 0 Å². The molecule has 2 saturated heterocycles. The number of hydrogen-bond acceptors (Lipinski definition) is 5. The minimum atomic E-state index is -0.973. The molecule has 5 atom stereocenters. The predicted molar refractivity (Wildman–Crippen MR) is 57.3 cm³/mol. The lowest BCUT2D eigenvalue weighted by atomic mass is 9.84. The third kappa shape index (κ3) is 1.50. The molecule has 0 spiro atoms. The smallest absolute Gasteiger partial charge is 0.190 e. The number of aliphatic hydroxyl groups is 2. The van der Waals surface area contributed by atoms with Crippen LogP contribution in [0.4, 0.5) is 0 Å². The summed E-state index contributed by atoms with van der Waals surface area (Å²) in [6.07, 6.45) is -0.594. The van der Waals surface area contributed by atoms with Gasteiger partial charge in [0.05, 0.1) is 5.60 Å². The molecule has 2 N–H and O–H groups in total. The van der Waals surface area contributed by atoms with E-state index in [1.807, 2.05) is 0 Å². The Labute approximate surface area is 99.0 Å². The van der Waals surface area contributed by atoms with Crippen molar-refractivity contribution < 1.29 is 24.5 Å². The number of hydrogen-bond donors (Lipinski definition) is 2. The van der Waals surface area contributed by atoms with Gasteiger partial charge in [-0.05, 0) is 32.4 Å². The monoisotopic (exact) mass is 240 g/mol. The molecular weight excluding hydrogens is 224 g/mol. The molecule has 0 saturated carbocycles. The zero-order chi connectivity index (χ0) is 12.6. The Bertz CT molecular complexity index is 421. The summed E-state index contributed by atoms with van der Waals surface area (Å²) in [4.78, 5) is 11.8. The highest BCUT2D eigenvalue weighted by Gasteiger charge is 2.66. The maximum atomic E-state index is 11.8.